The lowest BCUT2D eigenvalue weighted by molar-refractivity contribution is -0.164. The van der Waals surface area contributed by atoms with Crippen LogP contribution in [0, 0.1) is 11.8 Å². The molecule has 0 spiro atoms. The van der Waals surface area contributed by atoms with Gasteiger partial charge >= 0.3 is 5.97 Å². The zero-order valence-corrected chi connectivity index (χ0v) is 35.2. The molecule has 3 heterocycles. The molecule has 326 valence electrons. The summed E-state index contributed by atoms with van der Waals surface area (Å²) in [6, 6.07) is 39.9. The number of rotatable bonds is 17. The highest BCUT2D eigenvalue weighted by molar-refractivity contribution is 5.94. The maximum absolute atomic E-state index is 13.9. The molecular weight excluding hydrogens is 797 g/mol. The number of H-pyrrole nitrogens is 1. The summed E-state index contributed by atoms with van der Waals surface area (Å²) in [5.41, 5.74) is 2.25. The Balaban J connectivity index is 0.788. The van der Waals surface area contributed by atoms with Crippen molar-refractivity contribution in [2.45, 2.75) is 37.5 Å². The lowest BCUT2D eigenvalue weighted by Crippen LogP contribution is -2.52. The first-order valence-electron chi connectivity index (χ1n) is 21.7. The Morgan fingerprint density at radius 3 is 2.25 bits per heavy atom. The molecule has 1 aromatic heterocycles. The third-order valence-corrected chi connectivity index (χ3v) is 12.3. The van der Waals surface area contributed by atoms with Gasteiger partial charge in [-0.2, -0.15) is 0 Å². The van der Waals surface area contributed by atoms with Crippen LogP contribution in [0.5, 0.6) is 11.5 Å². The average molecular weight is 851 g/mol. The minimum Gasteiger partial charge on any atom is -0.506 e. The predicted octanol–water partition coefficient (Wildman–Crippen LogP) is 5.94. The number of nitrogens with one attached hydrogen (secondary N) is 2. The van der Waals surface area contributed by atoms with Crippen molar-refractivity contribution in [1.29, 1.82) is 0 Å². The van der Waals surface area contributed by atoms with Crippen molar-refractivity contribution in [2.75, 3.05) is 52.5 Å². The van der Waals surface area contributed by atoms with Crippen molar-refractivity contribution in [1.82, 2.24) is 20.1 Å². The molecule has 0 aliphatic carbocycles. The molecular formula is C51H54N4O8. The lowest BCUT2D eigenvalue weighted by Gasteiger charge is -2.39. The number of phenolic OH excluding ortho intramolecular Hbond substituents is 1. The van der Waals surface area contributed by atoms with E-state index in [1.807, 2.05) is 36.4 Å². The number of carbonyl (C=O) groups is 2. The number of fused-ring (bicyclic) bond motifs is 1. The maximum atomic E-state index is 13.9. The summed E-state index contributed by atoms with van der Waals surface area (Å²) in [6.07, 6.45) is 1.66. The highest BCUT2D eigenvalue weighted by Gasteiger charge is 2.42. The van der Waals surface area contributed by atoms with Gasteiger partial charge in [-0.05, 0) is 103 Å². The van der Waals surface area contributed by atoms with Crippen molar-refractivity contribution in [3.63, 3.8) is 0 Å². The highest BCUT2D eigenvalue weighted by atomic mass is 16.5. The third-order valence-electron chi connectivity index (χ3n) is 12.3. The summed E-state index contributed by atoms with van der Waals surface area (Å²) in [6.45, 7) is 5.32. The van der Waals surface area contributed by atoms with Gasteiger partial charge in [0.25, 0.3) is 5.91 Å². The number of aromatic nitrogens is 1. The molecule has 2 aliphatic rings. The number of aliphatic hydroxyl groups excluding tert-OH is 1. The number of phenols is 1. The van der Waals surface area contributed by atoms with Crippen LogP contribution in [0.25, 0.3) is 10.9 Å². The summed E-state index contributed by atoms with van der Waals surface area (Å²) in [5.74, 6) is 0.0263. The number of likely N-dealkylation sites (tertiary alicyclic amines) is 2. The molecule has 1 amide bonds. The van der Waals surface area contributed by atoms with E-state index in [9.17, 15) is 29.7 Å². The number of pyridine rings is 1. The summed E-state index contributed by atoms with van der Waals surface area (Å²) >= 11 is 0. The smallest absolute Gasteiger partial charge is 0.347 e. The van der Waals surface area contributed by atoms with Crippen LogP contribution in [-0.2, 0) is 28.1 Å². The highest BCUT2D eigenvalue weighted by Crippen LogP contribution is 2.34. The van der Waals surface area contributed by atoms with Gasteiger partial charge in [0.15, 0.2) is 0 Å². The average Bonchev–Trinajstić information content (AvgIpc) is 3.30. The molecule has 0 bridgehead atoms. The van der Waals surface area contributed by atoms with E-state index in [1.54, 1.807) is 65.6 Å². The van der Waals surface area contributed by atoms with Crippen LogP contribution < -0.4 is 15.6 Å². The van der Waals surface area contributed by atoms with Crippen LogP contribution in [0.15, 0.2) is 138 Å². The second-order valence-electron chi connectivity index (χ2n) is 16.7. The topological polar surface area (TPSA) is 165 Å². The normalized spacial score (nSPS) is 16.3. The standard InChI is InChI=1S/C51H54N4O8/c56-45-20-18-43(44-19-21-47(58)53-48(44)45)46(57)29-52-25-22-35-14-16-39(17-15-35)49(59)55-31-38(32-55)34-62-42-13-7-12-41(28-42)51(61,40-10-5-2-6-11-40)50(60)63-33-37-23-26-54(27-24-37)30-36-8-3-1-4-9-36/h1-21,28,37-38,46,52,56-57,61H,22-27,29-34H2,(H,53,58). The Bertz CT molecular complexity index is 2540. The molecule has 12 heteroatoms. The fourth-order valence-electron chi connectivity index (χ4n) is 8.53. The maximum Gasteiger partial charge on any atom is 0.347 e. The Morgan fingerprint density at radius 1 is 0.794 bits per heavy atom. The summed E-state index contributed by atoms with van der Waals surface area (Å²) in [4.78, 5) is 45.7. The second-order valence-corrected chi connectivity index (χ2v) is 16.7. The van der Waals surface area contributed by atoms with E-state index in [1.165, 1.54) is 17.7 Å². The van der Waals surface area contributed by atoms with Crippen LogP contribution in [0.4, 0.5) is 0 Å². The number of hydrogen-bond donors (Lipinski definition) is 5. The van der Waals surface area contributed by atoms with Gasteiger partial charge in [-0.15, -0.1) is 0 Å². The van der Waals surface area contributed by atoms with Gasteiger partial charge in [-0.3, -0.25) is 14.5 Å². The zero-order valence-electron chi connectivity index (χ0n) is 35.2. The molecule has 63 heavy (non-hydrogen) atoms. The number of aliphatic hydroxyl groups is 2. The molecule has 0 saturated carbocycles. The van der Waals surface area contributed by atoms with Gasteiger partial charge in [-0.25, -0.2) is 4.79 Å². The van der Waals surface area contributed by atoms with Crippen LogP contribution >= 0.6 is 0 Å². The van der Waals surface area contributed by atoms with E-state index in [2.05, 4.69) is 39.5 Å². The van der Waals surface area contributed by atoms with Gasteiger partial charge < -0.3 is 40.0 Å². The number of esters is 1. The molecule has 8 rings (SSSR count). The molecule has 2 aliphatic heterocycles. The lowest BCUT2D eigenvalue weighted by atomic mass is 9.86. The summed E-state index contributed by atoms with van der Waals surface area (Å²) in [7, 11) is 0. The third kappa shape index (κ3) is 10.3. The first-order chi connectivity index (χ1) is 30.6. The Kier molecular flexibility index (Phi) is 13.6. The molecule has 2 fully saturated rings. The first kappa shape index (κ1) is 43.3. The molecule has 5 aromatic carbocycles. The Hall–Kier alpha value is -6.31. The van der Waals surface area contributed by atoms with Crippen LogP contribution in [-0.4, -0.2) is 94.5 Å². The number of benzene rings is 5. The van der Waals surface area contributed by atoms with Crippen molar-refractivity contribution in [3.8, 4) is 11.5 Å². The van der Waals surface area contributed by atoms with E-state index in [-0.39, 0.29) is 42.2 Å². The van der Waals surface area contributed by atoms with Crippen molar-refractivity contribution in [2.24, 2.45) is 11.8 Å². The SMILES string of the molecule is O=C(c1ccc(CCNCC(O)c2ccc(O)c3[nH]c(=O)ccc23)cc1)N1CC(COc2cccc(C(O)(C(=O)OCC3CCN(Cc4ccccc4)CC3)c3ccccc3)c2)C1. The van der Waals surface area contributed by atoms with Crippen molar-refractivity contribution < 1.29 is 34.4 Å². The van der Waals surface area contributed by atoms with E-state index < -0.39 is 17.7 Å². The fraction of sp³-hybridized carbons (Fsp3) is 0.314. The molecule has 12 nitrogen and oxygen atoms in total. The van der Waals surface area contributed by atoms with E-state index >= 15 is 0 Å². The number of piperidine rings is 1. The van der Waals surface area contributed by atoms with Crippen LogP contribution in [0.3, 0.4) is 0 Å². The number of amides is 1. The van der Waals surface area contributed by atoms with Crippen LogP contribution in [0.1, 0.15) is 57.1 Å². The molecule has 2 unspecified atom stereocenters. The van der Waals surface area contributed by atoms with Crippen LogP contribution in [0.2, 0.25) is 0 Å². The van der Waals surface area contributed by atoms with Gasteiger partial charge in [0, 0.05) is 54.7 Å². The van der Waals surface area contributed by atoms with Gasteiger partial charge in [0.1, 0.15) is 11.5 Å². The van der Waals surface area contributed by atoms with E-state index in [4.69, 9.17) is 9.47 Å². The van der Waals surface area contributed by atoms with Crippen molar-refractivity contribution >= 4 is 22.8 Å². The summed E-state index contributed by atoms with van der Waals surface area (Å²) < 4.78 is 12.1. The fourth-order valence-corrected chi connectivity index (χ4v) is 8.53. The number of ether oxygens (including phenoxy) is 2. The summed E-state index contributed by atoms with van der Waals surface area (Å²) in [5, 5.41) is 37.0. The largest absolute Gasteiger partial charge is 0.506 e. The molecule has 2 saturated heterocycles. The quantitative estimate of drug-likeness (QED) is 0.0548. The minimum atomic E-state index is -2.03. The monoisotopic (exact) mass is 850 g/mol. The zero-order chi connectivity index (χ0) is 43.8. The Morgan fingerprint density at radius 2 is 1.51 bits per heavy atom. The van der Waals surface area contributed by atoms with Crippen molar-refractivity contribution in [3.05, 3.63) is 177 Å². The number of carbonyl (C=O) groups excluding carboxylic acids is 2. The number of hydrogen-bond acceptors (Lipinski definition) is 10. The van der Waals surface area contributed by atoms with Gasteiger partial charge in [0.05, 0.1) is 24.8 Å². The van der Waals surface area contributed by atoms with E-state index in [0.717, 1.165) is 38.0 Å². The number of aromatic hydroxyl groups is 1. The molecule has 0 radical (unpaired) electrons. The van der Waals surface area contributed by atoms with Gasteiger partial charge in [-0.1, -0.05) is 91.0 Å². The first-order valence-corrected chi connectivity index (χ1v) is 21.7. The molecule has 5 N–H and O–H groups in total. The molecule has 6 aromatic rings. The Labute approximate surface area is 366 Å². The predicted molar refractivity (Wildman–Crippen MR) is 240 cm³/mol. The minimum absolute atomic E-state index is 0.0484. The number of aromatic amines is 1. The molecule has 2 atom stereocenters. The van der Waals surface area contributed by atoms with E-state index in [0.29, 0.717) is 71.6 Å². The van der Waals surface area contributed by atoms with Gasteiger partial charge in [0.2, 0.25) is 11.2 Å². The second kappa shape index (κ2) is 19.8. The number of nitrogens with zero attached hydrogens (tertiary/aromatic N) is 2.